The van der Waals surface area contributed by atoms with Gasteiger partial charge >= 0.3 is 0 Å². The Labute approximate surface area is 116 Å². The molecule has 1 atom stereocenters. The zero-order valence-corrected chi connectivity index (χ0v) is 12.4. The van der Waals surface area contributed by atoms with Crippen LogP contribution in [0.2, 0.25) is 0 Å². The van der Waals surface area contributed by atoms with Crippen LogP contribution in [0.1, 0.15) is 50.2 Å². The SMILES string of the molecule is CC(C)c1c(C(C)CC=O)cc(Br)c2c1OCO2. The van der Waals surface area contributed by atoms with Gasteiger partial charge in [0.2, 0.25) is 6.79 Å². The van der Waals surface area contributed by atoms with E-state index in [1.807, 2.05) is 0 Å². The third kappa shape index (κ3) is 2.26. The summed E-state index contributed by atoms with van der Waals surface area (Å²) in [5.41, 5.74) is 2.31. The Bertz CT molecular complexity index is 469. The molecule has 0 spiro atoms. The monoisotopic (exact) mass is 312 g/mol. The van der Waals surface area contributed by atoms with E-state index in [9.17, 15) is 4.79 Å². The first-order valence-electron chi connectivity index (χ1n) is 6.11. The predicted molar refractivity (Wildman–Crippen MR) is 73.5 cm³/mol. The molecule has 1 aliphatic rings. The summed E-state index contributed by atoms with van der Waals surface area (Å²) in [5.74, 6) is 2.12. The smallest absolute Gasteiger partial charge is 0.231 e. The highest BCUT2D eigenvalue weighted by Crippen LogP contribution is 2.48. The van der Waals surface area contributed by atoms with Gasteiger partial charge in [-0.1, -0.05) is 20.8 Å². The summed E-state index contributed by atoms with van der Waals surface area (Å²) < 4.78 is 12.0. The van der Waals surface area contributed by atoms with Crippen LogP contribution < -0.4 is 9.47 Å². The van der Waals surface area contributed by atoms with Crippen LogP contribution in [0.3, 0.4) is 0 Å². The topological polar surface area (TPSA) is 35.5 Å². The first-order chi connectivity index (χ1) is 8.56. The molecule has 0 saturated carbocycles. The molecule has 18 heavy (non-hydrogen) atoms. The van der Waals surface area contributed by atoms with Gasteiger partial charge < -0.3 is 14.3 Å². The lowest BCUT2D eigenvalue weighted by atomic mass is 9.87. The summed E-state index contributed by atoms with van der Waals surface area (Å²) in [6.07, 6.45) is 1.49. The Hall–Kier alpha value is -1.03. The highest BCUT2D eigenvalue weighted by Gasteiger charge is 2.27. The molecule has 0 saturated heterocycles. The van der Waals surface area contributed by atoms with Crippen LogP contribution in [-0.2, 0) is 4.79 Å². The molecule has 0 N–H and O–H groups in total. The third-order valence-corrected chi connectivity index (χ3v) is 3.81. The van der Waals surface area contributed by atoms with E-state index in [2.05, 4.69) is 42.8 Å². The van der Waals surface area contributed by atoms with Crippen molar-refractivity contribution < 1.29 is 14.3 Å². The van der Waals surface area contributed by atoms with Crippen molar-refractivity contribution in [3.63, 3.8) is 0 Å². The Morgan fingerprint density at radius 3 is 2.61 bits per heavy atom. The van der Waals surface area contributed by atoms with Crippen LogP contribution >= 0.6 is 15.9 Å². The molecule has 2 rings (SSSR count). The van der Waals surface area contributed by atoms with E-state index in [1.54, 1.807) is 0 Å². The number of hydrogen-bond donors (Lipinski definition) is 0. The summed E-state index contributed by atoms with van der Waals surface area (Å²) in [5, 5.41) is 0. The Morgan fingerprint density at radius 2 is 2.00 bits per heavy atom. The van der Waals surface area contributed by atoms with Crippen molar-refractivity contribution in [3.8, 4) is 11.5 Å². The average molecular weight is 313 g/mol. The van der Waals surface area contributed by atoms with Crippen LogP contribution in [0.15, 0.2) is 10.5 Å². The van der Waals surface area contributed by atoms with E-state index >= 15 is 0 Å². The van der Waals surface area contributed by atoms with E-state index in [1.165, 1.54) is 0 Å². The van der Waals surface area contributed by atoms with E-state index in [4.69, 9.17) is 9.47 Å². The van der Waals surface area contributed by atoms with Gasteiger partial charge in [-0.15, -0.1) is 0 Å². The van der Waals surface area contributed by atoms with Gasteiger partial charge in [0, 0.05) is 12.0 Å². The van der Waals surface area contributed by atoms with Crippen molar-refractivity contribution in [3.05, 3.63) is 21.7 Å². The average Bonchev–Trinajstić information content (AvgIpc) is 2.77. The highest BCUT2D eigenvalue weighted by atomic mass is 79.9. The lowest BCUT2D eigenvalue weighted by Gasteiger charge is -2.20. The zero-order chi connectivity index (χ0) is 13.3. The molecule has 0 aliphatic carbocycles. The van der Waals surface area contributed by atoms with Gasteiger partial charge in [0.15, 0.2) is 11.5 Å². The minimum absolute atomic E-state index is 0.186. The van der Waals surface area contributed by atoms with Gasteiger partial charge in [-0.3, -0.25) is 0 Å². The molecule has 4 heteroatoms. The fraction of sp³-hybridized carbons (Fsp3) is 0.500. The maximum atomic E-state index is 10.7. The summed E-state index contributed by atoms with van der Waals surface area (Å²) in [6, 6.07) is 2.05. The summed E-state index contributed by atoms with van der Waals surface area (Å²) in [7, 11) is 0. The molecule has 1 aromatic carbocycles. The number of aldehydes is 1. The van der Waals surface area contributed by atoms with Crippen molar-refractivity contribution in [2.75, 3.05) is 6.79 Å². The van der Waals surface area contributed by atoms with Crippen molar-refractivity contribution in [2.24, 2.45) is 0 Å². The Morgan fingerprint density at radius 1 is 1.33 bits per heavy atom. The fourth-order valence-corrected chi connectivity index (χ4v) is 2.88. The maximum Gasteiger partial charge on any atom is 0.231 e. The number of hydrogen-bond acceptors (Lipinski definition) is 3. The molecule has 0 bridgehead atoms. The lowest BCUT2D eigenvalue weighted by Crippen LogP contribution is -2.04. The zero-order valence-electron chi connectivity index (χ0n) is 10.8. The second kappa shape index (κ2) is 5.31. The van der Waals surface area contributed by atoms with Gasteiger partial charge in [-0.05, 0) is 39.4 Å². The molecule has 98 valence electrons. The summed E-state index contributed by atoms with van der Waals surface area (Å²) >= 11 is 3.51. The molecule has 0 radical (unpaired) electrons. The number of carbonyl (C=O) groups is 1. The minimum Gasteiger partial charge on any atom is -0.453 e. The van der Waals surface area contributed by atoms with Crippen molar-refractivity contribution >= 4 is 22.2 Å². The van der Waals surface area contributed by atoms with E-state index in [0.29, 0.717) is 12.3 Å². The second-order valence-electron chi connectivity index (χ2n) is 4.88. The number of ether oxygens (including phenoxy) is 2. The van der Waals surface area contributed by atoms with Crippen LogP contribution in [-0.4, -0.2) is 13.1 Å². The molecular formula is C14H17BrO3. The number of rotatable bonds is 4. The van der Waals surface area contributed by atoms with Crippen LogP contribution in [0.25, 0.3) is 0 Å². The maximum absolute atomic E-state index is 10.7. The molecular weight excluding hydrogens is 296 g/mol. The van der Waals surface area contributed by atoms with Crippen LogP contribution in [0.4, 0.5) is 0 Å². The van der Waals surface area contributed by atoms with E-state index in [0.717, 1.165) is 33.4 Å². The van der Waals surface area contributed by atoms with Crippen molar-refractivity contribution in [1.82, 2.24) is 0 Å². The first kappa shape index (κ1) is 13.4. The minimum atomic E-state index is 0.186. The Balaban J connectivity index is 2.58. The molecule has 1 aromatic rings. The molecule has 3 nitrogen and oxygen atoms in total. The second-order valence-corrected chi connectivity index (χ2v) is 5.74. The quantitative estimate of drug-likeness (QED) is 0.788. The van der Waals surface area contributed by atoms with Crippen molar-refractivity contribution in [1.29, 1.82) is 0 Å². The van der Waals surface area contributed by atoms with E-state index < -0.39 is 0 Å². The summed E-state index contributed by atoms with van der Waals surface area (Å²) in [4.78, 5) is 10.7. The summed E-state index contributed by atoms with van der Waals surface area (Å²) in [6.45, 7) is 6.58. The number of benzene rings is 1. The molecule has 1 unspecified atom stereocenters. The van der Waals surface area contributed by atoms with Crippen LogP contribution in [0.5, 0.6) is 11.5 Å². The molecule has 0 fully saturated rings. The van der Waals surface area contributed by atoms with Gasteiger partial charge in [0.05, 0.1) is 4.47 Å². The number of carbonyl (C=O) groups excluding carboxylic acids is 1. The van der Waals surface area contributed by atoms with Crippen molar-refractivity contribution in [2.45, 2.75) is 39.0 Å². The third-order valence-electron chi connectivity index (χ3n) is 3.23. The van der Waals surface area contributed by atoms with Gasteiger partial charge in [0.1, 0.15) is 6.29 Å². The van der Waals surface area contributed by atoms with Gasteiger partial charge in [-0.2, -0.15) is 0 Å². The molecule has 0 amide bonds. The lowest BCUT2D eigenvalue weighted by molar-refractivity contribution is -0.108. The number of fused-ring (bicyclic) bond motifs is 1. The molecule has 1 aliphatic heterocycles. The predicted octanol–water partition coefficient (Wildman–Crippen LogP) is 3.99. The van der Waals surface area contributed by atoms with Gasteiger partial charge in [0.25, 0.3) is 0 Å². The van der Waals surface area contributed by atoms with Gasteiger partial charge in [-0.25, -0.2) is 0 Å². The largest absolute Gasteiger partial charge is 0.453 e. The van der Waals surface area contributed by atoms with E-state index in [-0.39, 0.29) is 12.7 Å². The van der Waals surface area contributed by atoms with Crippen LogP contribution in [0, 0.1) is 0 Å². The standard InChI is InChI=1S/C14H17BrO3/c1-8(2)12-10(9(3)4-5-16)6-11(15)13-14(12)18-7-17-13/h5-6,8-9H,4,7H2,1-3H3. The molecule has 0 aromatic heterocycles. The first-order valence-corrected chi connectivity index (χ1v) is 6.91. The molecule has 1 heterocycles. The highest BCUT2D eigenvalue weighted by molar-refractivity contribution is 9.10. The fourth-order valence-electron chi connectivity index (χ4n) is 2.34. The Kier molecular flexibility index (Phi) is 3.95. The number of halogens is 1. The normalized spacial score (nSPS) is 14.9.